The van der Waals surface area contributed by atoms with Crippen molar-refractivity contribution >= 4 is 46.8 Å². The van der Waals surface area contributed by atoms with Gasteiger partial charge in [0.1, 0.15) is 0 Å². The van der Waals surface area contributed by atoms with Crippen molar-refractivity contribution in [2.24, 2.45) is 0 Å². The van der Waals surface area contributed by atoms with E-state index in [1.807, 2.05) is 30.3 Å². The van der Waals surface area contributed by atoms with Crippen LogP contribution in [0.3, 0.4) is 0 Å². The molecule has 1 atom stereocenters. The Hall–Kier alpha value is -1.69. The highest BCUT2D eigenvalue weighted by molar-refractivity contribution is 8.00. The topological polar surface area (TPSA) is 55.4 Å². The second kappa shape index (κ2) is 9.70. The summed E-state index contributed by atoms with van der Waals surface area (Å²) in [5.41, 5.74) is 0.741. The standard InChI is InChI=1S/C18H17Cl2NO3S/c1-12(15-8-7-13(19)9-16(15)20)21-17(22)10-24-18(23)11-25-14-5-3-2-4-6-14/h2-9,12H,10-11H2,1H3,(H,21,22)/t12-/m1/s1. The Morgan fingerprint density at radius 1 is 1.16 bits per heavy atom. The van der Waals surface area contributed by atoms with Gasteiger partial charge in [-0.25, -0.2) is 0 Å². The Balaban J connectivity index is 1.75. The zero-order valence-electron chi connectivity index (χ0n) is 13.5. The number of amides is 1. The number of carbonyl (C=O) groups is 2. The fraction of sp³-hybridized carbons (Fsp3) is 0.222. The molecule has 25 heavy (non-hydrogen) atoms. The van der Waals surface area contributed by atoms with E-state index in [0.717, 1.165) is 10.5 Å². The van der Waals surface area contributed by atoms with Gasteiger partial charge in [0.2, 0.25) is 0 Å². The maximum absolute atomic E-state index is 11.9. The van der Waals surface area contributed by atoms with Gasteiger partial charge in [-0.15, -0.1) is 11.8 Å². The summed E-state index contributed by atoms with van der Waals surface area (Å²) in [4.78, 5) is 24.6. The fourth-order valence-electron chi connectivity index (χ4n) is 2.06. The van der Waals surface area contributed by atoms with Gasteiger partial charge < -0.3 is 10.1 Å². The van der Waals surface area contributed by atoms with Gasteiger partial charge in [-0.3, -0.25) is 9.59 Å². The molecule has 0 aromatic heterocycles. The van der Waals surface area contributed by atoms with E-state index in [0.29, 0.717) is 10.0 Å². The van der Waals surface area contributed by atoms with Crippen LogP contribution in [0, 0.1) is 0 Å². The smallest absolute Gasteiger partial charge is 0.316 e. The molecule has 0 heterocycles. The lowest BCUT2D eigenvalue weighted by Crippen LogP contribution is -2.31. The van der Waals surface area contributed by atoms with Crippen molar-refractivity contribution < 1.29 is 14.3 Å². The summed E-state index contributed by atoms with van der Waals surface area (Å²) in [6, 6.07) is 14.2. The summed E-state index contributed by atoms with van der Waals surface area (Å²) in [6.07, 6.45) is 0. The van der Waals surface area contributed by atoms with Crippen LogP contribution in [0.2, 0.25) is 10.0 Å². The van der Waals surface area contributed by atoms with Gasteiger partial charge in [-0.2, -0.15) is 0 Å². The Morgan fingerprint density at radius 2 is 1.88 bits per heavy atom. The third-order valence-electron chi connectivity index (χ3n) is 3.27. The number of hydrogen-bond donors (Lipinski definition) is 1. The molecule has 1 N–H and O–H groups in total. The minimum Gasteiger partial charge on any atom is -0.455 e. The van der Waals surface area contributed by atoms with Crippen molar-refractivity contribution in [2.45, 2.75) is 17.9 Å². The highest BCUT2D eigenvalue weighted by atomic mass is 35.5. The highest BCUT2D eigenvalue weighted by Gasteiger charge is 2.14. The summed E-state index contributed by atoms with van der Waals surface area (Å²) in [5, 5.41) is 3.73. The van der Waals surface area contributed by atoms with E-state index in [2.05, 4.69) is 5.32 Å². The average molecular weight is 398 g/mol. The molecular weight excluding hydrogens is 381 g/mol. The fourth-order valence-corrected chi connectivity index (χ4v) is 3.35. The number of hydrogen-bond acceptors (Lipinski definition) is 4. The van der Waals surface area contributed by atoms with Crippen LogP contribution in [0.15, 0.2) is 53.4 Å². The van der Waals surface area contributed by atoms with Gasteiger partial charge in [0.05, 0.1) is 11.8 Å². The Morgan fingerprint density at radius 3 is 2.56 bits per heavy atom. The predicted octanol–water partition coefficient (Wildman–Crippen LogP) is 4.51. The molecule has 0 saturated heterocycles. The lowest BCUT2D eigenvalue weighted by molar-refractivity contribution is -0.146. The number of halogens is 2. The van der Waals surface area contributed by atoms with E-state index in [9.17, 15) is 9.59 Å². The molecule has 0 unspecified atom stereocenters. The van der Waals surface area contributed by atoms with Crippen LogP contribution < -0.4 is 5.32 Å². The first-order valence-corrected chi connectivity index (χ1v) is 9.27. The zero-order valence-corrected chi connectivity index (χ0v) is 15.8. The summed E-state index contributed by atoms with van der Waals surface area (Å²) in [7, 11) is 0. The Labute approximate surface area is 160 Å². The van der Waals surface area contributed by atoms with E-state index < -0.39 is 11.9 Å². The molecule has 4 nitrogen and oxygen atoms in total. The molecule has 0 radical (unpaired) electrons. The SMILES string of the molecule is C[C@@H](NC(=O)COC(=O)CSc1ccccc1)c1ccc(Cl)cc1Cl. The second-order valence-electron chi connectivity index (χ2n) is 5.22. The van der Waals surface area contributed by atoms with Gasteiger partial charge >= 0.3 is 5.97 Å². The molecule has 2 aromatic rings. The minimum atomic E-state index is -0.443. The van der Waals surface area contributed by atoms with Crippen LogP contribution in [0.25, 0.3) is 0 Å². The molecule has 2 aromatic carbocycles. The molecule has 0 fully saturated rings. The van der Waals surface area contributed by atoms with Gasteiger partial charge in [-0.05, 0) is 36.8 Å². The van der Waals surface area contributed by atoms with Crippen LogP contribution in [0.5, 0.6) is 0 Å². The van der Waals surface area contributed by atoms with Crippen molar-refractivity contribution in [3.63, 3.8) is 0 Å². The molecule has 0 bridgehead atoms. The summed E-state index contributed by atoms with van der Waals surface area (Å²) in [6.45, 7) is 1.46. The molecule has 0 aliphatic heterocycles. The van der Waals surface area contributed by atoms with Crippen LogP contribution in [0.4, 0.5) is 0 Å². The molecule has 132 valence electrons. The van der Waals surface area contributed by atoms with Crippen LogP contribution in [-0.4, -0.2) is 24.2 Å². The van der Waals surface area contributed by atoms with E-state index in [1.54, 1.807) is 25.1 Å². The second-order valence-corrected chi connectivity index (χ2v) is 7.11. The third-order valence-corrected chi connectivity index (χ3v) is 4.82. The molecular formula is C18H17Cl2NO3S. The average Bonchev–Trinajstić information content (AvgIpc) is 2.59. The quantitative estimate of drug-likeness (QED) is 0.551. The maximum atomic E-state index is 11.9. The summed E-state index contributed by atoms with van der Waals surface area (Å²) in [5.74, 6) is -0.687. The Kier molecular flexibility index (Phi) is 7.62. The third kappa shape index (κ3) is 6.61. The van der Waals surface area contributed by atoms with Crippen LogP contribution >= 0.6 is 35.0 Å². The van der Waals surface area contributed by atoms with Crippen molar-refractivity contribution in [3.8, 4) is 0 Å². The minimum absolute atomic E-state index is 0.149. The van der Waals surface area contributed by atoms with Gasteiger partial charge in [0.25, 0.3) is 5.91 Å². The first-order chi connectivity index (χ1) is 12.0. The number of benzene rings is 2. The van der Waals surface area contributed by atoms with Crippen LogP contribution in [0.1, 0.15) is 18.5 Å². The monoisotopic (exact) mass is 397 g/mol. The van der Waals surface area contributed by atoms with Crippen molar-refractivity contribution in [2.75, 3.05) is 12.4 Å². The van der Waals surface area contributed by atoms with Gasteiger partial charge in [-0.1, -0.05) is 47.5 Å². The van der Waals surface area contributed by atoms with Crippen molar-refractivity contribution in [1.82, 2.24) is 5.32 Å². The van der Waals surface area contributed by atoms with E-state index in [1.165, 1.54) is 11.8 Å². The lowest BCUT2D eigenvalue weighted by Gasteiger charge is -2.16. The van der Waals surface area contributed by atoms with Crippen molar-refractivity contribution in [1.29, 1.82) is 0 Å². The Bertz CT molecular complexity index is 740. The number of esters is 1. The highest BCUT2D eigenvalue weighted by Crippen LogP contribution is 2.26. The molecule has 2 rings (SSSR count). The van der Waals surface area contributed by atoms with Crippen LogP contribution in [-0.2, 0) is 14.3 Å². The van der Waals surface area contributed by atoms with Crippen molar-refractivity contribution in [3.05, 3.63) is 64.1 Å². The largest absolute Gasteiger partial charge is 0.455 e. The summed E-state index contributed by atoms with van der Waals surface area (Å²) >= 11 is 13.3. The number of ether oxygens (including phenoxy) is 1. The summed E-state index contributed by atoms with van der Waals surface area (Å²) < 4.78 is 4.99. The molecule has 0 aliphatic rings. The number of nitrogens with one attached hydrogen (secondary N) is 1. The first-order valence-electron chi connectivity index (χ1n) is 7.53. The molecule has 0 aliphatic carbocycles. The molecule has 1 amide bonds. The molecule has 0 saturated carbocycles. The van der Waals surface area contributed by atoms with Gasteiger partial charge in [0, 0.05) is 14.9 Å². The van der Waals surface area contributed by atoms with Gasteiger partial charge in [0.15, 0.2) is 6.61 Å². The zero-order chi connectivity index (χ0) is 18.2. The number of thioether (sulfide) groups is 1. The molecule has 0 spiro atoms. The lowest BCUT2D eigenvalue weighted by atomic mass is 10.1. The number of rotatable bonds is 7. The molecule has 7 heteroatoms. The van der Waals surface area contributed by atoms with E-state index in [4.69, 9.17) is 27.9 Å². The van der Waals surface area contributed by atoms with E-state index in [-0.39, 0.29) is 18.4 Å². The first kappa shape index (κ1) is 19.6. The normalized spacial score (nSPS) is 11.6. The predicted molar refractivity (Wildman–Crippen MR) is 101 cm³/mol. The van der Waals surface area contributed by atoms with E-state index >= 15 is 0 Å². The maximum Gasteiger partial charge on any atom is 0.316 e. The number of carbonyl (C=O) groups excluding carboxylic acids is 2.